The Morgan fingerprint density at radius 3 is 2.23 bits per heavy atom. The van der Waals surface area contributed by atoms with Crippen LogP contribution in [-0.4, -0.2) is 120 Å². The van der Waals surface area contributed by atoms with E-state index in [2.05, 4.69) is 68.8 Å². The highest BCUT2D eigenvalue weighted by molar-refractivity contribution is 6.33. The summed E-state index contributed by atoms with van der Waals surface area (Å²) in [5, 5.41) is 14.7. The zero-order valence-electron chi connectivity index (χ0n) is 32.2. The number of ketones is 1. The first kappa shape index (κ1) is 37.9. The lowest BCUT2D eigenvalue weighted by atomic mass is 10.1. The zero-order chi connectivity index (χ0) is 39.6. The largest absolute Gasteiger partial charge is 0.494 e. The molecule has 3 aliphatic heterocycles. The number of urea groups is 1. The van der Waals surface area contributed by atoms with Crippen molar-refractivity contribution in [1.29, 1.82) is 0 Å². The molecule has 3 aromatic carbocycles. The van der Waals surface area contributed by atoms with E-state index in [-0.39, 0.29) is 18.1 Å². The smallest absolute Gasteiger partial charge is 0.329 e. The van der Waals surface area contributed by atoms with Crippen LogP contribution in [0.3, 0.4) is 0 Å². The molecule has 3 fully saturated rings. The number of rotatable bonds is 11. The standard InChI is InChI=1S/C40H45ClN12O4/c1-26(54)29-6-4-5-7-32(29)43-37-31(41)24-42-39(46-37)44-33-11-9-28(23-35(33)57-3)52-20-16-50(17-21-52)25-49-14-18-51(19-15-49)27-8-10-30-34(22-27)48(2)47-38(30)53-13-12-36(55)45-40(53)56/h4-11,22-24H,12-21,25H2,1-3H3,(H,45,55,56)(H2,42,43,44,46). The number of aryl methyl sites for hydroxylation is 1. The lowest BCUT2D eigenvalue weighted by Crippen LogP contribution is -2.54. The van der Waals surface area contributed by atoms with Crippen molar-refractivity contribution in [2.24, 2.45) is 7.05 Å². The van der Waals surface area contributed by atoms with Gasteiger partial charge < -0.3 is 25.2 Å². The summed E-state index contributed by atoms with van der Waals surface area (Å²) in [6, 6.07) is 19.1. The van der Waals surface area contributed by atoms with Crippen LogP contribution >= 0.6 is 11.6 Å². The van der Waals surface area contributed by atoms with Crippen LogP contribution in [0.5, 0.6) is 5.75 Å². The molecule has 0 radical (unpaired) electrons. The number of ether oxygens (including phenoxy) is 1. The third-order valence-electron chi connectivity index (χ3n) is 10.7. The molecule has 3 N–H and O–H groups in total. The number of fused-ring (bicyclic) bond motifs is 1. The number of nitrogens with zero attached hydrogens (tertiary/aromatic N) is 9. The van der Waals surface area contributed by atoms with Gasteiger partial charge in [-0.15, -0.1) is 0 Å². The topological polar surface area (TPSA) is 156 Å². The number of carbonyl (C=O) groups is 3. The minimum absolute atomic E-state index is 0.0653. The van der Waals surface area contributed by atoms with Gasteiger partial charge in [0.25, 0.3) is 0 Å². The van der Waals surface area contributed by atoms with Crippen LogP contribution in [0.2, 0.25) is 5.02 Å². The van der Waals surface area contributed by atoms with Crippen LogP contribution in [0.25, 0.3) is 10.9 Å². The molecule has 3 aliphatic rings. The Kier molecular flexibility index (Phi) is 10.8. The molecule has 57 heavy (non-hydrogen) atoms. The van der Waals surface area contributed by atoms with Crippen LogP contribution < -0.4 is 35.4 Å². The summed E-state index contributed by atoms with van der Waals surface area (Å²) in [5.41, 5.74) is 5.03. The first-order chi connectivity index (χ1) is 27.6. The maximum Gasteiger partial charge on any atom is 0.329 e. The number of nitrogens with one attached hydrogen (secondary N) is 3. The molecule has 296 valence electrons. The zero-order valence-corrected chi connectivity index (χ0v) is 32.9. The molecular weight excluding hydrogens is 748 g/mol. The first-order valence-electron chi connectivity index (χ1n) is 19.0. The van der Waals surface area contributed by atoms with E-state index in [1.807, 2.05) is 37.4 Å². The van der Waals surface area contributed by atoms with Crippen molar-refractivity contribution in [1.82, 2.24) is 34.9 Å². The highest BCUT2D eigenvalue weighted by Crippen LogP contribution is 2.34. The monoisotopic (exact) mass is 792 g/mol. The van der Waals surface area contributed by atoms with Gasteiger partial charge in [-0.3, -0.25) is 34.3 Å². The Labute approximate surface area is 335 Å². The average Bonchev–Trinajstić information content (AvgIpc) is 3.54. The summed E-state index contributed by atoms with van der Waals surface area (Å²) >= 11 is 6.43. The number of anilines is 7. The van der Waals surface area contributed by atoms with Gasteiger partial charge in [0.1, 0.15) is 10.8 Å². The van der Waals surface area contributed by atoms with E-state index in [0.29, 0.717) is 51.8 Å². The Hall–Kier alpha value is -5.97. The number of piperazine rings is 2. The van der Waals surface area contributed by atoms with Gasteiger partial charge in [0, 0.05) is 101 Å². The van der Waals surface area contributed by atoms with Gasteiger partial charge in [0.15, 0.2) is 17.4 Å². The van der Waals surface area contributed by atoms with Crippen molar-refractivity contribution in [3.05, 3.63) is 77.4 Å². The Morgan fingerprint density at radius 2 is 1.54 bits per heavy atom. The third kappa shape index (κ3) is 8.15. The number of Topliss-reactive ketones (excluding diaryl/α,β-unsaturated/α-hetero) is 1. The maximum absolute atomic E-state index is 12.5. The third-order valence-corrected chi connectivity index (χ3v) is 11.0. The van der Waals surface area contributed by atoms with Gasteiger partial charge in [-0.1, -0.05) is 23.7 Å². The van der Waals surface area contributed by atoms with Gasteiger partial charge in [-0.2, -0.15) is 10.1 Å². The number of para-hydroxylation sites is 1. The van der Waals surface area contributed by atoms with Crippen molar-refractivity contribution < 1.29 is 19.1 Å². The molecule has 16 nitrogen and oxygen atoms in total. The molecule has 0 aliphatic carbocycles. The van der Waals surface area contributed by atoms with Crippen molar-refractivity contribution in [3.8, 4) is 5.75 Å². The maximum atomic E-state index is 12.5. The van der Waals surface area contributed by atoms with E-state index in [0.717, 1.165) is 81.3 Å². The lowest BCUT2D eigenvalue weighted by molar-refractivity contribution is -0.120. The van der Waals surface area contributed by atoms with Crippen LogP contribution in [-0.2, 0) is 11.8 Å². The minimum Gasteiger partial charge on any atom is -0.494 e. The second kappa shape index (κ2) is 16.3. The number of hydrogen-bond acceptors (Lipinski definition) is 13. The van der Waals surface area contributed by atoms with Gasteiger partial charge in [0.2, 0.25) is 11.9 Å². The molecule has 3 saturated heterocycles. The number of imide groups is 1. The predicted octanol–water partition coefficient (Wildman–Crippen LogP) is 5.06. The number of methoxy groups -OCH3 is 1. The number of benzene rings is 3. The molecular formula is C40H45ClN12O4. The summed E-state index contributed by atoms with van der Waals surface area (Å²) < 4.78 is 7.59. The van der Waals surface area contributed by atoms with Crippen LogP contribution in [0, 0.1) is 0 Å². The van der Waals surface area contributed by atoms with Gasteiger partial charge in [-0.25, -0.2) is 9.78 Å². The highest BCUT2D eigenvalue weighted by atomic mass is 35.5. The van der Waals surface area contributed by atoms with E-state index >= 15 is 0 Å². The van der Waals surface area contributed by atoms with Gasteiger partial charge >= 0.3 is 6.03 Å². The molecule has 0 unspecified atom stereocenters. The second-order valence-corrected chi connectivity index (χ2v) is 14.8. The fourth-order valence-electron chi connectivity index (χ4n) is 7.61. The molecule has 0 atom stereocenters. The van der Waals surface area contributed by atoms with E-state index in [1.54, 1.807) is 28.8 Å². The molecule has 5 heterocycles. The molecule has 8 rings (SSSR count). The molecule has 3 amide bonds. The van der Waals surface area contributed by atoms with Crippen LogP contribution in [0.4, 0.5) is 45.1 Å². The minimum atomic E-state index is -0.429. The van der Waals surface area contributed by atoms with E-state index in [1.165, 1.54) is 13.1 Å². The number of amides is 3. The Bertz CT molecular complexity index is 2320. The fraction of sp³-hybridized carbons (Fsp3) is 0.350. The average molecular weight is 793 g/mol. The predicted molar refractivity (Wildman–Crippen MR) is 222 cm³/mol. The summed E-state index contributed by atoms with van der Waals surface area (Å²) in [4.78, 5) is 56.6. The number of aromatic nitrogens is 4. The van der Waals surface area contributed by atoms with Crippen molar-refractivity contribution in [2.45, 2.75) is 13.3 Å². The van der Waals surface area contributed by atoms with Crippen molar-refractivity contribution >= 4 is 80.6 Å². The summed E-state index contributed by atoms with van der Waals surface area (Å²) in [7, 11) is 3.53. The molecule has 2 aromatic heterocycles. The molecule has 0 bridgehead atoms. The molecule has 5 aromatic rings. The van der Waals surface area contributed by atoms with E-state index < -0.39 is 6.03 Å². The number of hydrogen-bond donors (Lipinski definition) is 3. The summed E-state index contributed by atoms with van der Waals surface area (Å²) in [6.45, 7) is 10.2. The normalized spacial score (nSPS) is 16.9. The van der Waals surface area contributed by atoms with Gasteiger partial charge in [-0.05, 0) is 49.4 Å². The first-order valence-corrected chi connectivity index (χ1v) is 19.4. The lowest BCUT2D eigenvalue weighted by Gasteiger charge is -2.41. The molecule has 0 saturated carbocycles. The van der Waals surface area contributed by atoms with Crippen LogP contribution in [0.15, 0.2) is 66.9 Å². The highest BCUT2D eigenvalue weighted by Gasteiger charge is 2.29. The SMILES string of the molecule is COc1cc(N2CCN(CN3CCN(c4ccc5c(N6CCC(=O)NC6=O)nn(C)c5c4)CC3)CC2)ccc1Nc1ncc(Cl)c(Nc2ccccc2C(C)=O)n1. The quantitative estimate of drug-likeness (QED) is 0.153. The molecule has 0 spiro atoms. The second-order valence-electron chi connectivity index (χ2n) is 14.4. The fourth-order valence-corrected chi connectivity index (χ4v) is 7.75. The summed E-state index contributed by atoms with van der Waals surface area (Å²) in [5.74, 6) is 1.62. The summed E-state index contributed by atoms with van der Waals surface area (Å²) in [6.07, 6.45) is 1.77. The number of halogens is 1. The van der Waals surface area contributed by atoms with Crippen LogP contribution in [0.1, 0.15) is 23.7 Å². The molecule has 17 heteroatoms. The Balaban J connectivity index is 0.836. The van der Waals surface area contributed by atoms with E-state index in [4.69, 9.17) is 16.3 Å². The van der Waals surface area contributed by atoms with Crippen molar-refractivity contribution in [2.75, 3.05) is 98.0 Å². The number of carbonyl (C=O) groups excluding carboxylic acids is 3. The van der Waals surface area contributed by atoms with E-state index in [9.17, 15) is 14.4 Å². The van der Waals surface area contributed by atoms with Gasteiger partial charge in [0.05, 0.1) is 36.9 Å². The Morgan fingerprint density at radius 1 is 0.860 bits per heavy atom. The van der Waals surface area contributed by atoms with Crippen molar-refractivity contribution in [3.63, 3.8) is 0 Å².